The Morgan fingerprint density at radius 1 is 1.50 bits per heavy atom. The number of rotatable bonds is 5. The van der Waals surface area contributed by atoms with Crippen molar-refractivity contribution in [1.29, 1.82) is 5.41 Å². The third-order valence-electron chi connectivity index (χ3n) is 3.00. The maximum absolute atomic E-state index is 11.8. The summed E-state index contributed by atoms with van der Waals surface area (Å²) in [5, 5.41) is 9.59. The Kier molecular flexibility index (Phi) is 6.98. The zero-order valence-electron chi connectivity index (χ0n) is 11.3. The van der Waals surface area contributed by atoms with Crippen molar-refractivity contribution in [1.82, 2.24) is 10.2 Å². The van der Waals surface area contributed by atoms with Crippen LogP contribution in [-0.2, 0) is 19.1 Å². The molecular weight excluding hydrogens is 288 g/mol. The van der Waals surface area contributed by atoms with Crippen LogP contribution in [0.3, 0.4) is 0 Å². The van der Waals surface area contributed by atoms with Gasteiger partial charge in [-0.3, -0.25) is 19.9 Å². The van der Waals surface area contributed by atoms with Gasteiger partial charge in [0.2, 0.25) is 11.8 Å². The summed E-state index contributed by atoms with van der Waals surface area (Å²) in [7, 11) is 1.22. The smallest absolute Gasteiger partial charge is 0.329 e. The van der Waals surface area contributed by atoms with E-state index in [0.29, 0.717) is 19.4 Å². The number of nitrogens with zero attached hydrogens (tertiary/aromatic N) is 1. The van der Waals surface area contributed by atoms with E-state index in [-0.39, 0.29) is 24.3 Å². The minimum absolute atomic E-state index is 0. The molecule has 9 heteroatoms. The summed E-state index contributed by atoms with van der Waals surface area (Å²) in [4.78, 5) is 35.5. The summed E-state index contributed by atoms with van der Waals surface area (Å²) in [6.45, 7) is 1.68. The molecule has 1 aliphatic heterocycles. The number of nitrogens with two attached hydrogens (primary N) is 1. The van der Waals surface area contributed by atoms with Gasteiger partial charge in [-0.25, -0.2) is 4.79 Å². The Balaban J connectivity index is 0.00000361. The van der Waals surface area contributed by atoms with Crippen LogP contribution in [0.15, 0.2) is 0 Å². The fourth-order valence-corrected chi connectivity index (χ4v) is 2.12. The van der Waals surface area contributed by atoms with Gasteiger partial charge in [0.1, 0.15) is 6.04 Å². The summed E-state index contributed by atoms with van der Waals surface area (Å²) in [6.07, 6.45) is 0.998. The van der Waals surface area contributed by atoms with Gasteiger partial charge in [-0.05, 0) is 12.8 Å². The molecule has 20 heavy (non-hydrogen) atoms. The summed E-state index contributed by atoms with van der Waals surface area (Å²) < 4.78 is 4.60. The van der Waals surface area contributed by atoms with Gasteiger partial charge >= 0.3 is 5.97 Å². The number of imide groups is 1. The first-order chi connectivity index (χ1) is 8.90. The van der Waals surface area contributed by atoms with Crippen molar-refractivity contribution < 1.29 is 19.1 Å². The van der Waals surface area contributed by atoms with Crippen molar-refractivity contribution in [3.8, 4) is 0 Å². The molecule has 114 valence electrons. The van der Waals surface area contributed by atoms with Crippen LogP contribution in [0.25, 0.3) is 0 Å². The zero-order valence-corrected chi connectivity index (χ0v) is 12.2. The zero-order chi connectivity index (χ0) is 14.6. The van der Waals surface area contributed by atoms with Gasteiger partial charge in [-0.1, -0.05) is 0 Å². The van der Waals surface area contributed by atoms with Gasteiger partial charge in [0, 0.05) is 13.5 Å². The van der Waals surface area contributed by atoms with Crippen molar-refractivity contribution >= 4 is 36.2 Å². The Labute approximate surface area is 122 Å². The van der Waals surface area contributed by atoms with E-state index in [4.69, 9.17) is 11.1 Å². The average molecular weight is 307 g/mol. The number of methoxy groups -OCH3 is 1. The first-order valence-corrected chi connectivity index (χ1v) is 5.89. The fourth-order valence-electron chi connectivity index (χ4n) is 2.12. The number of likely N-dealkylation sites (tertiary alicyclic amines) is 1. The van der Waals surface area contributed by atoms with E-state index in [1.807, 2.05) is 0 Å². The van der Waals surface area contributed by atoms with Gasteiger partial charge in [-0.2, -0.15) is 0 Å². The molecule has 1 rings (SSSR count). The monoisotopic (exact) mass is 306 g/mol. The minimum atomic E-state index is -0.827. The fraction of sp³-hybridized carbons (Fsp3) is 0.636. The Morgan fingerprint density at radius 2 is 2.10 bits per heavy atom. The standard InChI is InChI=1S/C11H18N4O4.ClH/c1-6(16)15-8(10(18)19-2)7(9(15)17)4-3-5-14-11(12)13;/h7-8H,3-5H2,1-2H3,(H4,12,13,14);1H. The summed E-state index contributed by atoms with van der Waals surface area (Å²) in [5.74, 6) is -2.08. The molecule has 0 spiro atoms. The van der Waals surface area contributed by atoms with Crippen LogP contribution in [0.4, 0.5) is 0 Å². The van der Waals surface area contributed by atoms with Crippen LogP contribution in [0.1, 0.15) is 19.8 Å². The second-order valence-electron chi connectivity index (χ2n) is 4.28. The number of halogens is 1. The van der Waals surface area contributed by atoms with Crippen LogP contribution in [0.2, 0.25) is 0 Å². The molecule has 0 aromatic heterocycles. The van der Waals surface area contributed by atoms with Crippen molar-refractivity contribution in [2.75, 3.05) is 13.7 Å². The number of ether oxygens (including phenoxy) is 1. The molecule has 2 amide bonds. The molecular formula is C11H19ClN4O4. The maximum Gasteiger partial charge on any atom is 0.329 e. The van der Waals surface area contributed by atoms with Gasteiger partial charge in [0.15, 0.2) is 5.96 Å². The molecule has 1 saturated heterocycles. The second-order valence-corrected chi connectivity index (χ2v) is 4.28. The van der Waals surface area contributed by atoms with Crippen molar-refractivity contribution in [2.45, 2.75) is 25.8 Å². The van der Waals surface area contributed by atoms with E-state index < -0.39 is 23.8 Å². The van der Waals surface area contributed by atoms with Crippen LogP contribution in [0.5, 0.6) is 0 Å². The number of esters is 1. The number of β-lactam (4-membered cyclic amide) rings is 1. The third-order valence-corrected chi connectivity index (χ3v) is 3.00. The lowest BCUT2D eigenvalue weighted by Crippen LogP contribution is -2.66. The molecule has 4 N–H and O–H groups in total. The SMILES string of the molecule is COC(=O)C1C(CCCNC(=N)N)C(=O)N1C(C)=O.Cl. The van der Waals surface area contributed by atoms with Crippen LogP contribution >= 0.6 is 12.4 Å². The topological polar surface area (TPSA) is 126 Å². The third kappa shape index (κ3) is 3.83. The van der Waals surface area contributed by atoms with Gasteiger partial charge in [-0.15, -0.1) is 12.4 Å². The van der Waals surface area contributed by atoms with Crippen LogP contribution < -0.4 is 11.1 Å². The van der Waals surface area contributed by atoms with E-state index >= 15 is 0 Å². The lowest BCUT2D eigenvalue weighted by atomic mass is 9.83. The molecule has 0 bridgehead atoms. The molecule has 2 atom stereocenters. The molecule has 0 aromatic rings. The number of carbonyl (C=O) groups excluding carboxylic acids is 3. The van der Waals surface area contributed by atoms with E-state index in [2.05, 4.69) is 10.1 Å². The van der Waals surface area contributed by atoms with Gasteiger partial charge < -0.3 is 15.8 Å². The normalized spacial score (nSPS) is 20.5. The molecule has 1 fully saturated rings. The molecule has 8 nitrogen and oxygen atoms in total. The highest BCUT2D eigenvalue weighted by molar-refractivity contribution is 6.07. The first-order valence-electron chi connectivity index (χ1n) is 5.89. The van der Waals surface area contributed by atoms with Crippen molar-refractivity contribution in [3.63, 3.8) is 0 Å². The van der Waals surface area contributed by atoms with E-state index in [0.717, 1.165) is 4.90 Å². The summed E-state index contributed by atoms with van der Waals surface area (Å²) >= 11 is 0. The predicted molar refractivity (Wildman–Crippen MR) is 73.2 cm³/mol. The predicted octanol–water partition coefficient (Wildman–Crippen LogP) is -0.782. The van der Waals surface area contributed by atoms with E-state index in [9.17, 15) is 14.4 Å². The number of guanidine groups is 1. The highest BCUT2D eigenvalue weighted by Crippen LogP contribution is 2.31. The molecule has 1 heterocycles. The molecule has 0 aliphatic carbocycles. The molecule has 0 radical (unpaired) electrons. The largest absolute Gasteiger partial charge is 0.467 e. The summed E-state index contributed by atoms with van der Waals surface area (Å²) in [6, 6.07) is -0.827. The average Bonchev–Trinajstić information content (AvgIpc) is 2.33. The van der Waals surface area contributed by atoms with Crippen LogP contribution in [0, 0.1) is 11.3 Å². The molecule has 0 saturated carbocycles. The lowest BCUT2D eigenvalue weighted by Gasteiger charge is -2.43. The van der Waals surface area contributed by atoms with Crippen molar-refractivity contribution in [3.05, 3.63) is 0 Å². The highest BCUT2D eigenvalue weighted by Gasteiger charge is 2.53. The first kappa shape index (κ1) is 18.2. The molecule has 1 aliphatic rings. The van der Waals surface area contributed by atoms with E-state index in [1.54, 1.807) is 0 Å². The maximum atomic E-state index is 11.8. The Bertz CT molecular complexity index is 415. The number of amides is 2. The Morgan fingerprint density at radius 3 is 2.55 bits per heavy atom. The quantitative estimate of drug-likeness (QED) is 0.201. The second kappa shape index (κ2) is 7.68. The lowest BCUT2D eigenvalue weighted by molar-refractivity contribution is -0.178. The van der Waals surface area contributed by atoms with E-state index in [1.165, 1.54) is 14.0 Å². The Hall–Kier alpha value is -1.83. The summed E-state index contributed by atoms with van der Waals surface area (Å²) in [5.41, 5.74) is 5.12. The van der Waals surface area contributed by atoms with Crippen LogP contribution in [-0.4, -0.2) is 48.3 Å². The molecule has 2 unspecified atom stereocenters. The molecule has 0 aromatic carbocycles. The van der Waals surface area contributed by atoms with Crippen molar-refractivity contribution in [2.24, 2.45) is 11.7 Å². The minimum Gasteiger partial charge on any atom is -0.467 e. The highest BCUT2D eigenvalue weighted by atomic mass is 35.5. The number of hydrogen-bond acceptors (Lipinski definition) is 5. The number of nitrogens with one attached hydrogen (secondary N) is 2. The number of hydrogen-bond donors (Lipinski definition) is 3. The number of carbonyl (C=O) groups is 3. The van der Waals surface area contributed by atoms with Gasteiger partial charge in [0.05, 0.1) is 13.0 Å². The van der Waals surface area contributed by atoms with Gasteiger partial charge in [0.25, 0.3) is 0 Å².